The number of ether oxygens (including phenoxy) is 1. The molecule has 1 aliphatic heterocycles. The van der Waals surface area contributed by atoms with Crippen molar-refractivity contribution >= 4 is 17.6 Å². The summed E-state index contributed by atoms with van der Waals surface area (Å²) in [6.07, 6.45) is 4.31. The molecule has 0 fully saturated rings. The normalized spacial score (nSPS) is 16.2. The van der Waals surface area contributed by atoms with Crippen LogP contribution in [0.5, 0.6) is 0 Å². The number of hydrogen-bond donors (Lipinski definition) is 1. The van der Waals surface area contributed by atoms with Gasteiger partial charge in [-0.3, -0.25) is 14.3 Å². The molecule has 0 saturated carbocycles. The van der Waals surface area contributed by atoms with Crippen molar-refractivity contribution in [3.63, 3.8) is 0 Å². The Hall–Kier alpha value is -2.63. The van der Waals surface area contributed by atoms with Crippen LogP contribution in [0.15, 0.2) is 36.7 Å². The maximum absolute atomic E-state index is 11.9. The lowest BCUT2D eigenvalue weighted by molar-refractivity contribution is -0.145. The highest BCUT2D eigenvalue weighted by atomic mass is 16.5. The fourth-order valence-electron chi connectivity index (χ4n) is 2.59. The minimum Gasteiger partial charge on any atom is -0.465 e. The molecule has 0 radical (unpaired) electrons. The molecule has 1 unspecified atom stereocenters. The first-order valence-corrected chi connectivity index (χ1v) is 7.16. The van der Waals surface area contributed by atoms with Crippen LogP contribution in [-0.4, -0.2) is 28.3 Å². The number of esters is 1. The first-order valence-electron chi connectivity index (χ1n) is 7.16. The van der Waals surface area contributed by atoms with Crippen LogP contribution >= 0.6 is 0 Å². The van der Waals surface area contributed by atoms with Crippen molar-refractivity contribution in [3.8, 4) is 0 Å². The van der Waals surface area contributed by atoms with Crippen LogP contribution in [-0.2, 0) is 27.8 Å². The standard InChI is InChI=1S/C16H17N3O3/c1-19-10-11(9-17-19)6-7-22-15(20)8-13-12-4-2-3-5-14(12)18-16(13)21/h2-5,9-10,13H,6-8H2,1H3,(H,18,21). The molecule has 1 atom stereocenters. The minimum absolute atomic E-state index is 0.0654. The Labute approximate surface area is 128 Å². The largest absolute Gasteiger partial charge is 0.465 e. The number of amides is 1. The summed E-state index contributed by atoms with van der Waals surface area (Å²) in [6.45, 7) is 0.292. The number of aromatic nitrogens is 2. The summed E-state index contributed by atoms with van der Waals surface area (Å²) < 4.78 is 6.93. The highest BCUT2D eigenvalue weighted by molar-refractivity contribution is 6.04. The van der Waals surface area contributed by atoms with Gasteiger partial charge in [-0.15, -0.1) is 0 Å². The van der Waals surface area contributed by atoms with E-state index in [0.29, 0.717) is 13.0 Å². The Morgan fingerprint density at radius 1 is 1.41 bits per heavy atom. The molecule has 6 nitrogen and oxygen atoms in total. The number of carbonyl (C=O) groups excluding carboxylic acids is 2. The van der Waals surface area contributed by atoms with E-state index in [2.05, 4.69) is 10.4 Å². The molecule has 1 N–H and O–H groups in total. The van der Waals surface area contributed by atoms with E-state index in [1.807, 2.05) is 37.5 Å². The van der Waals surface area contributed by atoms with Gasteiger partial charge in [0.25, 0.3) is 0 Å². The smallest absolute Gasteiger partial charge is 0.306 e. The second-order valence-electron chi connectivity index (χ2n) is 5.33. The summed E-state index contributed by atoms with van der Waals surface area (Å²) in [5, 5.41) is 6.84. The number of anilines is 1. The summed E-state index contributed by atoms with van der Waals surface area (Å²) in [7, 11) is 1.84. The average Bonchev–Trinajstić information content (AvgIpc) is 3.03. The van der Waals surface area contributed by atoms with Gasteiger partial charge in [0.15, 0.2) is 0 Å². The minimum atomic E-state index is -0.456. The Morgan fingerprint density at radius 2 is 2.23 bits per heavy atom. The van der Waals surface area contributed by atoms with Crippen molar-refractivity contribution in [2.24, 2.45) is 7.05 Å². The number of para-hydroxylation sites is 1. The SMILES string of the molecule is Cn1cc(CCOC(=O)CC2C(=O)Nc3ccccc32)cn1. The second-order valence-corrected chi connectivity index (χ2v) is 5.33. The molecule has 1 amide bonds. The van der Waals surface area contributed by atoms with Crippen molar-refractivity contribution in [2.45, 2.75) is 18.8 Å². The summed E-state index contributed by atoms with van der Waals surface area (Å²) in [6, 6.07) is 7.41. The Kier molecular flexibility index (Phi) is 3.91. The highest BCUT2D eigenvalue weighted by Gasteiger charge is 2.32. The zero-order valence-corrected chi connectivity index (χ0v) is 12.3. The van der Waals surface area contributed by atoms with E-state index in [9.17, 15) is 9.59 Å². The molecule has 1 aliphatic rings. The molecular formula is C16H17N3O3. The van der Waals surface area contributed by atoms with Crippen molar-refractivity contribution in [3.05, 3.63) is 47.8 Å². The van der Waals surface area contributed by atoms with Crippen molar-refractivity contribution < 1.29 is 14.3 Å². The zero-order valence-electron chi connectivity index (χ0n) is 12.3. The number of fused-ring (bicyclic) bond motifs is 1. The molecule has 0 aliphatic carbocycles. The van der Waals surface area contributed by atoms with Gasteiger partial charge in [0.05, 0.1) is 25.1 Å². The summed E-state index contributed by atoms with van der Waals surface area (Å²) in [4.78, 5) is 23.9. The third-order valence-corrected chi connectivity index (χ3v) is 3.69. The van der Waals surface area contributed by atoms with Crippen LogP contribution in [0.25, 0.3) is 0 Å². The van der Waals surface area contributed by atoms with E-state index in [0.717, 1.165) is 16.8 Å². The molecule has 0 bridgehead atoms. The van der Waals surface area contributed by atoms with E-state index >= 15 is 0 Å². The van der Waals surface area contributed by atoms with Gasteiger partial charge >= 0.3 is 5.97 Å². The quantitative estimate of drug-likeness (QED) is 0.852. The van der Waals surface area contributed by atoms with Crippen LogP contribution in [0.1, 0.15) is 23.5 Å². The van der Waals surface area contributed by atoms with E-state index < -0.39 is 5.92 Å². The third kappa shape index (κ3) is 3.00. The lowest BCUT2D eigenvalue weighted by Gasteiger charge is -2.08. The fraction of sp³-hybridized carbons (Fsp3) is 0.312. The first-order chi connectivity index (χ1) is 10.6. The van der Waals surface area contributed by atoms with Gasteiger partial charge in [-0.05, 0) is 17.2 Å². The second kappa shape index (κ2) is 6.01. The number of benzene rings is 1. The predicted octanol–water partition coefficient (Wildman–Crippen LogP) is 1.63. The molecular weight excluding hydrogens is 282 g/mol. The van der Waals surface area contributed by atoms with Gasteiger partial charge in [0.2, 0.25) is 5.91 Å². The van der Waals surface area contributed by atoms with Gasteiger partial charge in [-0.2, -0.15) is 5.10 Å². The summed E-state index contributed by atoms with van der Waals surface area (Å²) >= 11 is 0. The summed E-state index contributed by atoms with van der Waals surface area (Å²) in [5.41, 5.74) is 2.65. The van der Waals surface area contributed by atoms with E-state index in [1.54, 1.807) is 10.9 Å². The molecule has 3 rings (SSSR count). The average molecular weight is 299 g/mol. The molecule has 1 aromatic carbocycles. The molecule has 22 heavy (non-hydrogen) atoms. The Morgan fingerprint density at radius 3 is 3.00 bits per heavy atom. The van der Waals surface area contributed by atoms with Crippen LogP contribution in [0.3, 0.4) is 0 Å². The number of aryl methyl sites for hydroxylation is 1. The van der Waals surface area contributed by atoms with Crippen LogP contribution in [0.2, 0.25) is 0 Å². The fourth-order valence-corrected chi connectivity index (χ4v) is 2.59. The third-order valence-electron chi connectivity index (χ3n) is 3.69. The Bertz CT molecular complexity index is 708. The topological polar surface area (TPSA) is 73.2 Å². The molecule has 114 valence electrons. The molecule has 2 aromatic rings. The predicted molar refractivity (Wildman–Crippen MR) is 80.3 cm³/mol. The van der Waals surface area contributed by atoms with E-state index in [4.69, 9.17) is 4.74 Å². The molecule has 0 saturated heterocycles. The van der Waals surface area contributed by atoms with Gasteiger partial charge in [0.1, 0.15) is 0 Å². The lowest BCUT2D eigenvalue weighted by Crippen LogP contribution is -2.18. The monoisotopic (exact) mass is 299 g/mol. The highest BCUT2D eigenvalue weighted by Crippen LogP contribution is 2.34. The Balaban J connectivity index is 1.53. The van der Waals surface area contributed by atoms with Crippen LogP contribution < -0.4 is 5.32 Å². The van der Waals surface area contributed by atoms with Gasteiger partial charge < -0.3 is 10.1 Å². The molecule has 6 heteroatoms. The van der Waals surface area contributed by atoms with Gasteiger partial charge in [-0.25, -0.2) is 0 Å². The first kappa shape index (κ1) is 14.3. The maximum Gasteiger partial charge on any atom is 0.306 e. The lowest BCUT2D eigenvalue weighted by atomic mass is 9.97. The van der Waals surface area contributed by atoms with E-state index in [-0.39, 0.29) is 18.3 Å². The molecule has 0 spiro atoms. The van der Waals surface area contributed by atoms with Crippen molar-refractivity contribution in [2.75, 3.05) is 11.9 Å². The molecule has 1 aromatic heterocycles. The van der Waals surface area contributed by atoms with Crippen LogP contribution in [0.4, 0.5) is 5.69 Å². The number of carbonyl (C=O) groups is 2. The van der Waals surface area contributed by atoms with Gasteiger partial charge in [-0.1, -0.05) is 18.2 Å². The van der Waals surface area contributed by atoms with Crippen LogP contribution in [0, 0.1) is 0 Å². The zero-order chi connectivity index (χ0) is 15.5. The number of nitrogens with zero attached hydrogens (tertiary/aromatic N) is 2. The van der Waals surface area contributed by atoms with Gasteiger partial charge in [0, 0.05) is 25.4 Å². The maximum atomic E-state index is 11.9. The molecule has 2 heterocycles. The number of rotatable bonds is 5. The van der Waals surface area contributed by atoms with Crippen molar-refractivity contribution in [1.82, 2.24) is 9.78 Å². The number of nitrogens with one attached hydrogen (secondary N) is 1. The van der Waals surface area contributed by atoms with E-state index in [1.165, 1.54) is 0 Å². The van der Waals surface area contributed by atoms with Crippen molar-refractivity contribution in [1.29, 1.82) is 0 Å². The number of hydrogen-bond acceptors (Lipinski definition) is 4. The summed E-state index contributed by atoms with van der Waals surface area (Å²) in [5.74, 6) is -0.965.